The van der Waals surface area contributed by atoms with Gasteiger partial charge in [-0.05, 0) is 17.7 Å². The summed E-state index contributed by atoms with van der Waals surface area (Å²) in [5.41, 5.74) is -2.03. The Hall–Kier alpha value is -3.75. The summed E-state index contributed by atoms with van der Waals surface area (Å²) in [6, 6.07) is 12.0. The van der Waals surface area contributed by atoms with Gasteiger partial charge < -0.3 is 5.11 Å². The first-order chi connectivity index (χ1) is 13.5. The highest BCUT2D eigenvalue weighted by Gasteiger charge is 2.26. The van der Waals surface area contributed by atoms with Crippen LogP contribution in [0.5, 0.6) is 5.88 Å². The number of nitrogens with zero attached hydrogens (tertiary/aromatic N) is 4. The van der Waals surface area contributed by atoms with Gasteiger partial charge in [-0.2, -0.15) is 0 Å². The average Bonchev–Trinajstić information content (AvgIpc) is 3.03. The number of aromatic nitrogens is 2. The van der Waals surface area contributed by atoms with Gasteiger partial charge in [0, 0.05) is 6.20 Å². The Balaban J connectivity index is 1.85. The van der Waals surface area contributed by atoms with Crippen LogP contribution in [0, 0.1) is 23.3 Å². The summed E-state index contributed by atoms with van der Waals surface area (Å²) in [6.07, 6.45) is 1.50. The molecule has 0 unspecified atom stereocenters. The van der Waals surface area contributed by atoms with Crippen LogP contribution in [0.2, 0.25) is 0 Å². The average molecular weight is 386 g/mol. The molecular formula is C19H10F4N4O. The van der Waals surface area contributed by atoms with Gasteiger partial charge in [0.1, 0.15) is 0 Å². The second-order valence-corrected chi connectivity index (χ2v) is 5.75. The van der Waals surface area contributed by atoms with Gasteiger partial charge in [0.05, 0.1) is 11.1 Å². The van der Waals surface area contributed by atoms with Crippen molar-refractivity contribution in [3.63, 3.8) is 0 Å². The van der Waals surface area contributed by atoms with Crippen LogP contribution >= 0.6 is 0 Å². The van der Waals surface area contributed by atoms with E-state index in [4.69, 9.17) is 0 Å². The molecule has 4 rings (SSSR count). The van der Waals surface area contributed by atoms with Crippen LogP contribution in [0.15, 0.2) is 65.0 Å². The lowest BCUT2D eigenvalue weighted by molar-refractivity contribution is 0.449. The molecule has 0 bridgehead atoms. The van der Waals surface area contributed by atoms with Gasteiger partial charge in [0.25, 0.3) is 5.88 Å². The first kappa shape index (κ1) is 17.7. The maximum absolute atomic E-state index is 14.4. The number of aromatic hydroxyl groups is 1. The van der Waals surface area contributed by atoms with Gasteiger partial charge in [-0.15, -0.1) is 15.3 Å². The van der Waals surface area contributed by atoms with Crippen molar-refractivity contribution in [2.45, 2.75) is 0 Å². The summed E-state index contributed by atoms with van der Waals surface area (Å²) in [4.78, 5) is 0. The number of benzene rings is 2. The summed E-state index contributed by atoms with van der Waals surface area (Å²) >= 11 is 0. The van der Waals surface area contributed by atoms with Crippen LogP contribution in [0.4, 0.5) is 28.9 Å². The molecule has 28 heavy (non-hydrogen) atoms. The zero-order valence-corrected chi connectivity index (χ0v) is 13.9. The van der Waals surface area contributed by atoms with E-state index in [1.54, 1.807) is 18.2 Å². The number of azo groups is 1. The molecule has 0 amide bonds. The van der Waals surface area contributed by atoms with Gasteiger partial charge in [0.2, 0.25) is 0 Å². The molecule has 2 aromatic heterocycles. The van der Waals surface area contributed by atoms with Crippen molar-refractivity contribution >= 4 is 16.9 Å². The van der Waals surface area contributed by atoms with Crippen LogP contribution in [0.25, 0.3) is 16.6 Å². The maximum Gasteiger partial charge on any atom is 0.259 e. The molecule has 1 N–H and O–H groups in total. The number of pyridine rings is 1. The van der Waals surface area contributed by atoms with Crippen molar-refractivity contribution in [3.05, 3.63) is 78.0 Å². The number of halogens is 4. The van der Waals surface area contributed by atoms with Gasteiger partial charge in [-0.1, -0.05) is 36.4 Å². The fourth-order valence-electron chi connectivity index (χ4n) is 2.74. The molecule has 4 aromatic rings. The smallest absolute Gasteiger partial charge is 0.259 e. The molecule has 0 saturated carbocycles. The molecule has 5 nitrogen and oxygen atoms in total. The fraction of sp³-hybridized carbons (Fsp3) is 0. The molecule has 0 radical (unpaired) electrons. The molecule has 2 aromatic carbocycles. The van der Waals surface area contributed by atoms with Gasteiger partial charge in [-0.25, -0.2) is 22.1 Å². The Morgan fingerprint density at radius 2 is 1.36 bits per heavy atom. The summed E-state index contributed by atoms with van der Waals surface area (Å²) < 4.78 is 59.0. The van der Waals surface area contributed by atoms with Crippen LogP contribution < -0.4 is 0 Å². The lowest BCUT2D eigenvalue weighted by atomic mass is 10.0. The number of hydrogen-bond acceptors (Lipinski definition) is 4. The second-order valence-electron chi connectivity index (χ2n) is 5.75. The topological polar surface area (TPSA) is 62.2 Å². The van der Waals surface area contributed by atoms with Crippen LogP contribution in [0.3, 0.4) is 0 Å². The first-order valence-electron chi connectivity index (χ1n) is 7.98. The molecule has 0 saturated heterocycles. The van der Waals surface area contributed by atoms with E-state index in [1.165, 1.54) is 41.0 Å². The standard InChI is InChI=1S/C19H10F4N4O/c20-13-12(10-6-2-1-3-7-10)14(21)16(23)18(15(13)22)25-24-17-11-8-4-5-9-27(11)26-19(17)28/h1-9H,(H,26,28)/b25-24+. The molecule has 0 fully saturated rings. The zero-order chi connectivity index (χ0) is 19.8. The minimum Gasteiger partial charge on any atom is -0.491 e. The van der Waals surface area contributed by atoms with E-state index in [1.807, 2.05) is 0 Å². The summed E-state index contributed by atoms with van der Waals surface area (Å²) in [6.45, 7) is 0. The van der Waals surface area contributed by atoms with E-state index in [-0.39, 0.29) is 16.8 Å². The highest BCUT2D eigenvalue weighted by molar-refractivity contribution is 5.73. The van der Waals surface area contributed by atoms with E-state index in [9.17, 15) is 22.7 Å². The Kier molecular flexibility index (Phi) is 4.26. The number of fused-ring (bicyclic) bond motifs is 1. The summed E-state index contributed by atoms with van der Waals surface area (Å²) in [5.74, 6) is -7.14. The van der Waals surface area contributed by atoms with E-state index in [0.717, 1.165) is 0 Å². The third-order valence-corrected chi connectivity index (χ3v) is 4.05. The monoisotopic (exact) mass is 386 g/mol. The van der Waals surface area contributed by atoms with E-state index < -0.39 is 40.4 Å². The molecule has 2 heterocycles. The lowest BCUT2D eigenvalue weighted by Crippen LogP contribution is -2.00. The fourth-order valence-corrected chi connectivity index (χ4v) is 2.74. The quantitative estimate of drug-likeness (QED) is 0.280. The first-order valence-corrected chi connectivity index (χ1v) is 7.98. The lowest BCUT2D eigenvalue weighted by Gasteiger charge is -2.09. The van der Waals surface area contributed by atoms with Crippen molar-refractivity contribution in [3.8, 4) is 17.0 Å². The SMILES string of the molecule is Oc1nn2ccccc2c1/N=N/c1c(F)c(F)c(-c2ccccc2)c(F)c1F. The van der Waals surface area contributed by atoms with Crippen LogP contribution in [-0.4, -0.2) is 14.7 Å². The molecule has 0 aliphatic carbocycles. The Labute approximate surface area is 155 Å². The van der Waals surface area contributed by atoms with E-state index >= 15 is 0 Å². The van der Waals surface area contributed by atoms with Crippen molar-refractivity contribution in [1.82, 2.24) is 9.61 Å². The van der Waals surface area contributed by atoms with Crippen molar-refractivity contribution in [2.24, 2.45) is 10.2 Å². The zero-order valence-electron chi connectivity index (χ0n) is 13.9. The molecule has 0 spiro atoms. The summed E-state index contributed by atoms with van der Waals surface area (Å²) in [7, 11) is 0. The Bertz CT molecular complexity index is 1190. The molecule has 9 heteroatoms. The predicted octanol–water partition coefficient (Wildman–Crippen LogP) is 5.68. The molecular weight excluding hydrogens is 376 g/mol. The molecule has 140 valence electrons. The Morgan fingerprint density at radius 1 is 0.750 bits per heavy atom. The van der Waals surface area contributed by atoms with E-state index in [0.29, 0.717) is 0 Å². The van der Waals surface area contributed by atoms with Gasteiger partial charge in [-0.3, -0.25) is 0 Å². The Morgan fingerprint density at radius 3 is 2.04 bits per heavy atom. The second kappa shape index (κ2) is 6.76. The van der Waals surface area contributed by atoms with Crippen LogP contribution in [-0.2, 0) is 0 Å². The van der Waals surface area contributed by atoms with Crippen molar-refractivity contribution < 1.29 is 22.7 Å². The summed E-state index contributed by atoms with van der Waals surface area (Å²) in [5, 5.41) is 20.4. The number of hydrogen-bond donors (Lipinski definition) is 1. The minimum atomic E-state index is -1.70. The normalized spacial score (nSPS) is 11.6. The van der Waals surface area contributed by atoms with Gasteiger partial charge >= 0.3 is 0 Å². The predicted molar refractivity (Wildman–Crippen MR) is 92.7 cm³/mol. The van der Waals surface area contributed by atoms with Crippen molar-refractivity contribution in [1.29, 1.82) is 0 Å². The molecule has 0 aliphatic rings. The van der Waals surface area contributed by atoms with E-state index in [2.05, 4.69) is 15.3 Å². The highest BCUT2D eigenvalue weighted by atomic mass is 19.2. The number of rotatable bonds is 3. The maximum atomic E-state index is 14.4. The molecule has 0 aliphatic heterocycles. The largest absolute Gasteiger partial charge is 0.491 e. The van der Waals surface area contributed by atoms with Gasteiger partial charge in [0.15, 0.2) is 34.6 Å². The third-order valence-electron chi connectivity index (χ3n) is 4.05. The van der Waals surface area contributed by atoms with Crippen molar-refractivity contribution in [2.75, 3.05) is 0 Å². The highest BCUT2D eigenvalue weighted by Crippen LogP contribution is 2.38. The minimum absolute atomic E-state index is 0.0286. The van der Waals surface area contributed by atoms with Crippen LogP contribution in [0.1, 0.15) is 0 Å². The third kappa shape index (κ3) is 2.77. The molecule has 0 atom stereocenters.